The summed E-state index contributed by atoms with van der Waals surface area (Å²) in [7, 11) is 0. The summed E-state index contributed by atoms with van der Waals surface area (Å²) in [5, 5.41) is 0.775. The first kappa shape index (κ1) is 14.1. The standard InChI is InChI=1S/C17H20ClN/c1-13-3-2-4-14(11-13)7-10-17(19)12-15-5-8-16(18)9-6-15/h2-6,8-9,11,17H,7,10,12,19H2,1H3. The van der Waals surface area contributed by atoms with Crippen molar-refractivity contribution in [3.63, 3.8) is 0 Å². The molecule has 1 unspecified atom stereocenters. The highest BCUT2D eigenvalue weighted by molar-refractivity contribution is 6.30. The van der Waals surface area contributed by atoms with Crippen LogP contribution in [0.15, 0.2) is 48.5 Å². The summed E-state index contributed by atoms with van der Waals surface area (Å²) in [6.07, 6.45) is 2.95. The maximum Gasteiger partial charge on any atom is 0.0406 e. The number of hydrogen-bond donors (Lipinski definition) is 1. The molecule has 100 valence electrons. The molecule has 0 fully saturated rings. The second-order valence-electron chi connectivity index (χ2n) is 5.12. The highest BCUT2D eigenvalue weighted by atomic mass is 35.5. The number of rotatable bonds is 5. The molecule has 0 heterocycles. The minimum atomic E-state index is 0.196. The van der Waals surface area contributed by atoms with E-state index in [4.69, 9.17) is 17.3 Å². The van der Waals surface area contributed by atoms with Crippen molar-refractivity contribution in [3.05, 3.63) is 70.2 Å². The normalized spacial score (nSPS) is 12.4. The van der Waals surface area contributed by atoms with E-state index < -0.39 is 0 Å². The van der Waals surface area contributed by atoms with Gasteiger partial charge in [0.25, 0.3) is 0 Å². The molecule has 0 aliphatic carbocycles. The molecule has 0 bridgehead atoms. The zero-order valence-corrected chi connectivity index (χ0v) is 12.0. The van der Waals surface area contributed by atoms with E-state index in [9.17, 15) is 0 Å². The van der Waals surface area contributed by atoms with Gasteiger partial charge in [-0.1, -0.05) is 53.6 Å². The van der Waals surface area contributed by atoms with E-state index in [1.165, 1.54) is 16.7 Å². The van der Waals surface area contributed by atoms with Crippen molar-refractivity contribution in [1.29, 1.82) is 0 Å². The molecule has 0 saturated heterocycles. The van der Waals surface area contributed by atoms with Gasteiger partial charge >= 0.3 is 0 Å². The quantitative estimate of drug-likeness (QED) is 0.870. The summed E-state index contributed by atoms with van der Waals surface area (Å²) in [4.78, 5) is 0. The monoisotopic (exact) mass is 273 g/mol. The van der Waals surface area contributed by atoms with Crippen molar-refractivity contribution >= 4 is 11.6 Å². The van der Waals surface area contributed by atoms with E-state index in [1.54, 1.807) is 0 Å². The van der Waals surface area contributed by atoms with E-state index in [1.807, 2.05) is 12.1 Å². The Kier molecular flexibility index (Phi) is 5.00. The van der Waals surface area contributed by atoms with E-state index >= 15 is 0 Å². The van der Waals surface area contributed by atoms with Gasteiger partial charge in [0, 0.05) is 11.1 Å². The predicted molar refractivity (Wildman–Crippen MR) is 82.6 cm³/mol. The average molecular weight is 274 g/mol. The van der Waals surface area contributed by atoms with Gasteiger partial charge in [0.05, 0.1) is 0 Å². The van der Waals surface area contributed by atoms with Gasteiger partial charge in [0.15, 0.2) is 0 Å². The first-order valence-corrected chi connectivity index (χ1v) is 7.07. The maximum absolute atomic E-state index is 6.20. The smallest absolute Gasteiger partial charge is 0.0406 e. The maximum atomic E-state index is 6.20. The van der Waals surface area contributed by atoms with Gasteiger partial charge in [-0.2, -0.15) is 0 Å². The first-order chi connectivity index (χ1) is 9.13. The molecule has 0 radical (unpaired) electrons. The Morgan fingerprint density at radius 3 is 2.47 bits per heavy atom. The van der Waals surface area contributed by atoms with Gasteiger partial charge in [-0.3, -0.25) is 0 Å². The van der Waals surface area contributed by atoms with Crippen LogP contribution >= 0.6 is 11.6 Å². The molecule has 0 aliphatic heterocycles. The van der Waals surface area contributed by atoms with Crippen LogP contribution in [-0.4, -0.2) is 6.04 Å². The molecule has 0 saturated carbocycles. The van der Waals surface area contributed by atoms with Gasteiger partial charge in [-0.05, 0) is 49.4 Å². The van der Waals surface area contributed by atoms with E-state index in [-0.39, 0.29) is 6.04 Å². The summed E-state index contributed by atoms with van der Waals surface area (Å²) in [6.45, 7) is 2.12. The third-order valence-corrected chi connectivity index (χ3v) is 3.55. The topological polar surface area (TPSA) is 26.0 Å². The first-order valence-electron chi connectivity index (χ1n) is 6.69. The van der Waals surface area contributed by atoms with Gasteiger partial charge in [-0.25, -0.2) is 0 Å². The number of benzene rings is 2. The van der Waals surface area contributed by atoms with Crippen molar-refractivity contribution in [1.82, 2.24) is 0 Å². The Labute approximate surface area is 120 Å². The largest absolute Gasteiger partial charge is 0.327 e. The van der Waals surface area contributed by atoms with Crippen LogP contribution in [0.5, 0.6) is 0 Å². The van der Waals surface area contributed by atoms with Crippen LogP contribution in [0.2, 0.25) is 5.02 Å². The third-order valence-electron chi connectivity index (χ3n) is 3.30. The molecular weight excluding hydrogens is 254 g/mol. The van der Waals surface area contributed by atoms with Crippen LogP contribution in [-0.2, 0) is 12.8 Å². The highest BCUT2D eigenvalue weighted by Crippen LogP contribution is 2.13. The molecule has 2 aromatic rings. The molecule has 2 heteroatoms. The van der Waals surface area contributed by atoms with Crippen molar-refractivity contribution in [2.75, 3.05) is 0 Å². The fourth-order valence-corrected chi connectivity index (χ4v) is 2.37. The number of aryl methyl sites for hydroxylation is 2. The number of halogens is 1. The van der Waals surface area contributed by atoms with Crippen LogP contribution in [0.3, 0.4) is 0 Å². The van der Waals surface area contributed by atoms with Crippen LogP contribution in [0, 0.1) is 6.92 Å². The molecule has 2 N–H and O–H groups in total. The van der Waals surface area contributed by atoms with Gasteiger partial charge in [0.1, 0.15) is 0 Å². The fourth-order valence-electron chi connectivity index (χ4n) is 2.25. The molecule has 0 amide bonds. The SMILES string of the molecule is Cc1cccc(CCC(N)Cc2ccc(Cl)cc2)c1. The Balaban J connectivity index is 1.84. The predicted octanol–water partition coefficient (Wildman–Crippen LogP) is 4.15. The zero-order valence-electron chi connectivity index (χ0n) is 11.3. The van der Waals surface area contributed by atoms with E-state index in [2.05, 4.69) is 43.3 Å². The molecule has 19 heavy (non-hydrogen) atoms. The third kappa shape index (κ3) is 4.70. The average Bonchev–Trinajstić information content (AvgIpc) is 2.39. The van der Waals surface area contributed by atoms with Crippen LogP contribution in [0.4, 0.5) is 0 Å². The van der Waals surface area contributed by atoms with Crippen molar-refractivity contribution in [2.45, 2.75) is 32.2 Å². The lowest BCUT2D eigenvalue weighted by molar-refractivity contribution is 0.610. The van der Waals surface area contributed by atoms with Crippen LogP contribution < -0.4 is 5.73 Å². The van der Waals surface area contributed by atoms with Crippen molar-refractivity contribution < 1.29 is 0 Å². The summed E-state index contributed by atoms with van der Waals surface area (Å²) in [5.41, 5.74) is 10.1. The minimum absolute atomic E-state index is 0.196. The molecule has 0 spiro atoms. The second-order valence-corrected chi connectivity index (χ2v) is 5.55. The molecule has 0 aliphatic rings. The van der Waals surface area contributed by atoms with Gasteiger partial charge in [-0.15, -0.1) is 0 Å². The van der Waals surface area contributed by atoms with Crippen LogP contribution in [0.1, 0.15) is 23.1 Å². The Hall–Kier alpha value is -1.31. The summed E-state index contributed by atoms with van der Waals surface area (Å²) in [6, 6.07) is 16.8. The lowest BCUT2D eigenvalue weighted by atomic mass is 9.99. The molecule has 2 rings (SSSR count). The molecule has 2 aromatic carbocycles. The minimum Gasteiger partial charge on any atom is -0.327 e. The van der Waals surface area contributed by atoms with Crippen molar-refractivity contribution in [2.24, 2.45) is 5.73 Å². The fraction of sp³-hybridized carbons (Fsp3) is 0.294. The molecule has 1 atom stereocenters. The summed E-state index contributed by atoms with van der Waals surface area (Å²) in [5.74, 6) is 0. The number of hydrogen-bond acceptors (Lipinski definition) is 1. The lowest BCUT2D eigenvalue weighted by Gasteiger charge is -2.12. The van der Waals surface area contributed by atoms with Crippen LogP contribution in [0.25, 0.3) is 0 Å². The van der Waals surface area contributed by atoms with Gasteiger partial charge < -0.3 is 5.73 Å². The Morgan fingerprint density at radius 2 is 1.79 bits per heavy atom. The van der Waals surface area contributed by atoms with Gasteiger partial charge in [0.2, 0.25) is 0 Å². The highest BCUT2D eigenvalue weighted by Gasteiger charge is 2.05. The number of nitrogens with two attached hydrogens (primary N) is 1. The summed E-state index contributed by atoms with van der Waals surface area (Å²) >= 11 is 5.87. The Morgan fingerprint density at radius 1 is 1.05 bits per heavy atom. The van der Waals surface area contributed by atoms with E-state index in [0.717, 1.165) is 24.3 Å². The molecular formula is C17H20ClN. The summed E-state index contributed by atoms with van der Waals surface area (Å²) < 4.78 is 0. The Bertz CT molecular complexity index is 519. The van der Waals surface area contributed by atoms with Crippen molar-refractivity contribution in [3.8, 4) is 0 Å². The molecule has 1 nitrogen and oxygen atoms in total. The molecule has 0 aromatic heterocycles. The zero-order chi connectivity index (χ0) is 13.7. The second kappa shape index (κ2) is 6.74. The van der Waals surface area contributed by atoms with E-state index in [0.29, 0.717) is 0 Å². The lowest BCUT2D eigenvalue weighted by Crippen LogP contribution is -2.23.